The highest BCUT2D eigenvalue weighted by atomic mass is 127. The summed E-state index contributed by atoms with van der Waals surface area (Å²) in [5.74, 6) is 2.84. The van der Waals surface area contributed by atoms with Gasteiger partial charge in [-0.2, -0.15) is 0 Å². The Morgan fingerprint density at radius 3 is 2.52 bits per heavy atom. The molecule has 8 nitrogen and oxygen atoms in total. The Morgan fingerprint density at radius 1 is 1.03 bits per heavy atom. The summed E-state index contributed by atoms with van der Waals surface area (Å²) in [7, 11) is 4.85. The minimum atomic E-state index is 0. The summed E-state index contributed by atoms with van der Waals surface area (Å²) in [5, 5.41) is 17.9. The molecule has 33 heavy (non-hydrogen) atoms. The molecule has 2 aromatic carbocycles. The van der Waals surface area contributed by atoms with E-state index in [4.69, 9.17) is 14.2 Å². The third kappa shape index (κ3) is 6.83. The van der Waals surface area contributed by atoms with E-state index < -0.39 is 0 Å². The normalized spacial score (nSPS) is 11.1. The van der Waals surface area contributed by atoms with E-state index in [0.29, 0.717) is 23.8 Å². The number of benzene rings is 2. The van der Waals surface area contributed by atoms with Crippen LogP contribution in [0.4, 0.5) is 0 Å². The molecular weight excluding hydrogens is 535 g/mol. The van der Waals surface area contributed by atoms with Gasteiger partial charge in [-0.15, -0.1) is 24.0 Å². The van der Waals surface area contributed by atoms with E-state index in [1.54, 1.807) is 20.3 Å². The first-order valence-electron chi connectivity index (χ1n) is 10.7. The maximum Gasteiger partial charge on any atom is 0.191 e. The van der Waals surface area contributed by atoms with Crippen molar-refractivity contribution in [2.24, 2.45) is 4.99 Å². The Bertz CT molecular complexity index is 1070. The summed E-state index contributed by atoms with van der Waals surface area (Å²) in [4.78, 5) is 8.03. The Balaban J connectivity index is 0.00000385. The molecule has 180 valence electrons. The molecule has 3 rings (SSSR count). The molecule has 0 fully saturated rings. The molecule has 4 N–H and O–H groups in total. The zero-order chi connectivity index (χ0) is 22.9. The van der Waals surface area contributed by atoms with E-state index in [-0.39, 0.29) is 29.7 Å². The number of phenolic OH excluding ortho intramolecular Hbond substituents is 1. The second kappa shape index (κ2) is 13.0. The number of para-hydroxylation sites is 1. The van der Waals surface area contributed by atoms with Crippen LogP contribution in [0.25, 0.3) is 10.9 Å². The Morgan fingerprint density at radius 2 is 1.82 bits per heavy atom. The highest BCUT2D eigenvalue weighted by Gasteiger charge is 2.10. The molecule has 0 amide bonds. The van der Waals surface area contributed by atoms with Gasteiger partial charge in [0.15, 0.2) is 17.5 Å². The van der Waals surface area contributed by atoms with Gasteiger partial charge in [-0.1, -0.05) is 12.1 Å². The predicted molar refractivity (Wildman–Crippen MR) is 143 cm³/mol. The third-order valence-corrected chi connectivity index (χ3v) is 5.15. The largest absolute Gasteiger partial charge is 0.504 e. The van der Waals surface area contributed by atoms with Gasteiger partial charge in [0.05, 0.1) is 33.4 Å². The van der Waals surface area contributed by atoms with Crippen molar-refractivity contribution in [3.05, 3.63) is 47.7 Å². The van der Waals surface area contributed by atoms with Crippen molar-refractivity contribution in [1.29, 1.82) is 0 Å². The molecule has 0 bridgehead atoms. The molecular formula is C24H33IN4O4. The van der Waals surface area contributed by atoms with E-state index in [9.17, 15) is 5.11 Å². The van der Waals surface area contributed by atoms with Gasteiger partial charge < -0.3 is 34.9 Å². The molecule has 0 spiro atoms. The highest BCUT2D eigenvalue weighted by Crippen LogP contribution is 2.32. The van der Waals surface area contributed by atoms with Gasteiger partial charge in [0.2, 0.25) is 0 Å². The second-order valence-corrected chi connectivity index (χ2v) is 7.28. The monoisotopic (exact) mass is 568 g/mol. The summed E-state index contributed by atoms with van der Waals surface area (Å²) >= 11 is 0. The number of aromatic amines is 1. The lowest BCUT2D eigenvalue weighted by molar-refractivity contribution is 0.370. The number of hydrogen-bond acceptors (Lipinski definition) is 5. The number of aromatic nitrogens is 1. The van der Waals surface area contributed by atoms with E-state index in [1.807, 2.05) is 31.2 Å². The Hall–Kier alpha value is -2.82. The molecule has 3 aromatic rings. The average Bonchev–Trinajstić information content (AvgIpc) is 3.23. The Kier molecular flexibility index (Phi) is 10.4. The molecule has 1 heterocycles. The van der Waals surface area contributed by atoms with Gasteiger partial charge in [0.1, 0.15) is 11.5 Å². The maximum atomic E-state index is 10.2. The number of phenols is 1. The molecule has 0 aliphatic heterocycles. The molecule has 1 aromatic heterocycles. The van der Waals surface area contributed by atoms with Crippen LogP contribution in [-0.2, 0) is 13.0 Å². The zero-order valence-corrected chi connectivity index (χ0v) is 21.9. The maximum absolute atomic E-state index is 10.2. The number of methoxy groups -OCH3 is 3. The fraction of sp³-hybridized carbons (Fsp3) is 0.375. The molecule has 0 saturated carbocycles. The van der Waals surface area contributed by atoms with Crippen LogP contribution in [0.5, 0.6) is 23.0 Å². The SMILES string of the molecule is CCNC(=NCc1cccc(OC)c1O)NCCCc1cc2c(OC)cc(OC)cc2[nH]1.I. The fourth-order valence-corrected chi connectivity index (χ4v) is 3.51. The van der Waals surface area contributed by atoms with Crippen molar-refractivity contribution in [2.45, 2.75) is 26.3 Å². The summed E-state index contributed by atoms with van der Waals surface area (Å²) in [6.45, 7) is 3.87. The van der Waals surface area contributed by atoms with Crippen LogP contribution in [-0.4, -0.2) is 50.5 Å². The number of ether oxygens (including phenoxy) is 3. The molecule has 0 radical (unpaired) electrons. The molecule has 0 atom stereocenters. The number of nitrogens with one attached hydrogen (secondary N) is 3. The molecule has 9 heteroatoms. The first kappa shape index (κ1) is 26.4. The third-order valence-electron chi connectivity index (χ3n) is 5.15. The number of aliphatic imine (C=N–C) groups is 1. The van der Waals surface area contributed by atoms with Crippen molar-refractivity contribution in [3.63, 3.8) is 0 Å². The molecule has 0 saturated heterocycles. The lowest BCUT2D eigenvalue weighted by Crippen LogP contribution is -2.37. The lowest BCUT2D eigenvalue weighted by atomic mass is 10.2. The smallest absolute Gasteiger partial charge is 0.191 e. The number of rotatable bonds is 10. The average molecular weight is 568 g/mol. The van der Waals surface area contributed by atoms with E-state index >= 15 is 0 Å². The van der Waals surface area contributed by atoms with Crippen molar-refractivity contribution in [1.82, 2.24) is 15.6 Å². The van der Waals surface area contributed by atoms with E-state index in [2.05, 4.69) is 26.7 Å². The quantitative estimate of drug-likeness (QED) is 0.127. The molecule has 0 aliphatic rings. The van der Waals surface area contributed by atoms with Gasteiger partial charge in [-0.25, -0.2) is 4.99 Å². The molecule has 0 aliphatic carbocycles. The Labute approximate surface area is 211 Å². The fourth-order valence-electron chi connectivity index (χ4n) is 3.51. The standard InChI is InChI=1S/C24H32N4O4.HI/c1-5-25-24(27-15-16-8-6-10-21(31-3)23(16)29)26-11-7-9-17-12-19-20(28-17)13-18(30-2)14-22(19)32-4;/h6,8,10,12-14,28-29H,5,7,9,11,15H2,1-4H3,(H2,25,26,27);1H. The number of halogens is 1. The first-order valence-corrected chi connectivity index (χ1v) is 10.7. The van der Waals surface area contributed by atoms with Gasteiger partial charge in [0, 0.05) is 41.9 Å². The van der Waals surface area contributed by atoms with Gasteiger partial charge in [-0.3, -0.25) is 0 Å². The van der Waals surface area contributed by atoms with Gasteiger partial charge >= 0.3 is 0 Å². The van der Waals surface area contributed by atoms with E-state index in [0.717, 1.165) is 54.0 Å². The van der Waals surface area contributed by atoms with Crippen LogP contribution >= 0.6 is 24.0 Å². The minimum absolute atomic E-state index is 0. The summed E-state index contributed by atoms with van der Waals surface area (Å²) in [5.41, 5.74) is 2.85. The van der Waals surface area contributed by atoms with Crippen molar-refractivity contribution in [2.75, 3.05) is 34.4 Å². The summed E-state index contributed by atoms with van der Waals surface area (Å²) in [6.07, 6.45) is 1.80. The number of H-pyrrole nitrogens is 1. The number of nitrogens with zero attached hydrogens (tertiary/aromatic N) is 1. The van der Waals surface area contributed by atoms with Gasteiger partial charge in [-0.05, 0) is 31.9 Å². The number of aryl methyl sites for hydroxylation is 1. The minimum Gasteiger partial charge on any atom is -0.504 e. The number of guanidine groups is 1. The van der Waals surface area contributed by atoms with Crippen LogP contribution in [0.15, 0.2) is 41.4 Å². The number of fused-ring (bicyclic) bond motifs is 1. The number of aromatic hydroxyl groups is 1. The van der Waals surface area contributed by atoms with Crippen LogP contribution in [0.1, 0.15) is 24.6 Å². The topological polar surface area (TPSA) is 100 Å². The number of hydrogen-bond donors (Lipinski definition) is 4. The lowest BCUT2D eigenvalue weighted by Gasteiger charge is -2.12. The van der Waals surface area contributed by atoms with Crippen LogP contribution in [0.2, 0.25) is 0 Å². The second-order valence-electron chi connectivity index (χ2n) is 7.28. The van der Waals surface area contributed by atoms with Gasteiger partial charge in [0.25, 0.3) is 0 Å². The predicted octanol–water partition coefficient (Wildman–Crippen LogP) is 4.21. The summed E-state index contributed by atoms with van der Waals surface area (Å²) in [6, 6.07) is 11.4. The van der Waals surface area contributed by atoms with Crippen molar-refractivity contribution in [3.8, 4) is 23.0 Å². The van der Waals surface area contributed by atoms with Crippen LogP contribution in [0, 0.1) is 0 Å². The van der Waals surface area contributed by atoms with Crippen LogP contribution < -0.4 is 24.8 Å². The van der Waals surface area contributed by atoms with Crippen molar-refractivity contribution >= 4 is 40.8 Å². The first-order chi connectivity index (χ1) is 15.6. The molecule has 0 unspecified atom stereocenters. The highest BCUT2D eigenvalue weighted by molar-refractivity contribution is 14.0. The van der Waals surface area contributed by atoms with E-state index in [1.165, 1.54) is 7.11 Å². The van der Waals surface area contributed by atoms with Crippen molar-refractivity contribution < 1.29 is 19.3 Å². The zero-order valence-electron chi connectivity index (χ0n) is 19.5. The summed E-state index contributed by atoms with van der Waals surface area (Å²) < 4.78 is 16.0. The van der Waals surface area contributed by atoms with Crippen LogP contribution in [0.3, 0.4) is 0 Å².